The van der Waals surface area contributed by atoms with E-state index in [-0.39, 0.29) is 35.5 Å². The molecule has 1 aliphatic heterocycles. The number of benzene rings is 1. The number of carbonyl (C=O) groups is 1. The maximum Gasteiger partial charge on any atom is 0.343 e. The average Bonchev–Trinajstić information content (AvgIpc) is 3.01. The Kier molecular flexibility index (Phi) is 3.73. The molecule has 0 amide bonds. The van der Waals surface area contributed by atoms with Gasteiger partial charge in [0.05, 0.1) is 27.5 Å². The second kappa shape index (κ2) is 6.03. The second-order valence-electron chi connectivity index (χ2n) is 7.67. The molecule has 2 N–H and O–H groups in total. The van der Waals surface area contributed by atoms with E-state index in [0.29, 0.717) is 28.3 Å². The maximum absolute atomic E-state index is 13.4. The number of rotatable bonds is 2. The zero-order valence-corrected chi connectivity index (χ0v) is 16.7. The van der Waals surface area contributed by atoms with Crippen molar-refractivity contribution in [2.45, 2.75) is 38.9 Å². The largest absolute Gasteiger partial charge is 0.508 e. The SMILES string of the molecule is C=c1c2c(CC)c3cc(O)ccc3nc2c2cc3c(c(=O)n12)COC(=O)[C@]3(O)CC. The van der Waals surface area contributed by atoms with Crippen molar-refractivity contribution in [3.8, 4) is 5.75 Å². The van der Waals surface area contributed by atoms with Crippen molar-refractivity contribution in [1.29, 1.82) is 0 Å². The second-order valence-corrected chi connectivity index (χ2v) is 7.67. The molecule has 0 aliphatic carbocycles. The van der Waals surface area contributed by atoms with Crippen LogP contribution in [0.15, 0.2) is 29.1 Å². The van der Waals surface area contributed by atoms with Gasteiger partial charge < -0.3 is 14.9 Å². The first-order valence-electron chi connectivity index (χ1n) is 9.86. The lowest BCUT2D eigenvalue weighted by Gasteiger charge is -2.31. The molecule has 0 radical (unpaired) electrons. The lowest BCUT2D eigenvalue weighted by molar-refractivity contribution is -0.172. The molecule has 0 saturated heterocycles. The highest BCUT2D eigenvalue weighted by molar-refractivity contribution is 6.05. The summed E-state index contributed by atoms with van der Waals surface area (Å²) in [7, 11) is 0. The van der Waals surface area contributed by atoms with E-state index in [2.05, 4.69) is 6.58 Å². The summed E-state index contributed by atoms with van der Waals surface area (Å²) in [6.45, 7) is 7.61. The quantitative estimate of drug-likeness (QED) is 0.496. The van der Waals surface area contributed by atoms with E-state index in [4.69, 9.17) is 9.72 Å². The highest BCUT2D eigenvalue weighted by Crippen LogP contribution is 2.35. The predicted octanol–water partition coefficient (Wildman–Crippen LogP) is 2.05. The Morgan fingerprint density at radius 1 is 1.27 bits per heavy atom. The molecule has 1 atom stereocenters. The van der Waals surface area contributed by atoms with E-state index < -0.39 is 11.6 Å². The van der Waals surface area contributed by atoms with Crippen molar-refractivity contribution in [2.75, 3.05) is 0 Å². The molecule has 30 heavy (non-hydrogen) atoms. The van der Waals surface area contributed by atoms with E-state index in [0.717, 1.165) is 16.3 Å². The van der Waals surface area contributed by atoms with Crippen LogP contribution in [0.5, 0.6) is 5.75 Å². The minimum Gasteiger partial charge on any atom is -0.508 e. The van der Waals surface area contributed by atoms with Gasteiger partial charge >= 0.3 is 5.97 Å². The average molecular weight is 404 g/mol. The highest BCUT2D eigenvalue weighted by Gasteiger charge is 2.44. The van der Waals surface area contributed by atoms with E-state index >= 15 is 0 Å². The summed E-state index contributed by atoms with van der Waals surface area (Å²) in [5.74, 6) is -0.619. The zero-order chi connectivity index (χ0) is 21.4. The third-order valence-electron chi connectivity index (χ3n) is 6.18. The molecule has 0 bridgehead atoms. The Labute approximate surface area is 170 Å². The smallest absolute Gasteiger partial charge is 0.343 e. The minimum absolute atomic E-state index is 0.0835. The number of cyclic esters (lactones) is 1. The number of hydrogen-bond donors (Lipinski definition) is 2. The highest BCUT2D eigenvalue weighted by atomic mass is 16.6. The van der Waals surface area contributed by atoms with Gasteiger partial charge in [-0.05, 0) is 42.7 Å². The summed E-state index contributed by atoms with van der Waals surface area (Å²) in [4.78, 5) is 30.4. The molecule has 4 aromatic rings. The van der Waals surface area contributed by atoms with Crippen LogP contribution in [0.3, 0.4) is 0 Å². The third kappa shape index (κ3) is 2.15. The van der Waals surface area contributed by atoms with Crippen molar-refractivity contribution < 1.29 is 19.7 Å². The number of fused-ring (bicyclic) bond motifs is 5. The van der Waals surface area contributed by atoms with E-state index in [1.807, 2.05) is 6.92 Å². The first-order valence-corrected chi connectivity index (χ1v) is 9.86. The summed E-state index contributed by atoms with van der Waals surface area (Å²) in [5.41, 5.74) is 0.940. The number of aromatic nitrogens is 2. The molecule has 5 rings (SSSR count). The van der Waals surface area contributed by atoms with Crippen LogP contribution >= 0.6 is 0 Å². The number of aryl methyl sites for hydroxylation is 1. The van der Waals surface area contributed by atoms with E-state index in [1.54, 1.807) is 31.2 Å². The van der Waals surface area contributed by atoms with Gasteiger partial charge in [-0.15, -0.1) is 0 Å². The van der Waals surface area contributed by atoms with Crippen LogP contribution in [-0.2, 0) is 28.2 Å². The van der Waals surface area contributed by atoms with Crippen LogP contribution in [0.25, 0.3) is 33.9 Å². The van der Waals surface area contributed by atoms with Crippen molar-refractivity contribution in [3.63, 3.8) is 0 Å². The van der Waals surface area contributed by atoms with Gasteiger partial charge in [-0.1, -0.05) is 20.4 Å². The van der Waals surface area contributed by atoms with Crippen LogP contribution < -0.4 is 10.9 Å². The van der Waals surface area contributed by atoms with Crippen molar-refractivity contribution >= 4 is 39.9 Å². The number of hydrogen-bond acceptors (Lipinski definition) is 6. The Morgan fingerprint density at radius 3 is 2.73 bits per heavy atom. The fourth-order valence-corrected chi connectivity index (χ4v) is 4.59. The number of carbonyl (C=O) groups excluding carboxylic acids is 1. The predicted molar refractivity (Wildman–Crippen MR) is 112 cm³/mol. The maximum atomic E-state index is 13.4. The molecule has 7 nitrogen and oxygen atoms in total. The number of nitrogens with zero attached hydrogens (tertiary/aromatic N) is 2. The number of pyridine rings is 2. The topological polar surface area (TPSA) is 101 Å². The third-order valence-corrected chi connectivity index (χ3v) is 6.18. The molecule has 1 aliphatic rings. The van der Waals surface area contributed by atoms with Crippen LogP contribution in [-0.4, -0.2) is 25.6 Å². The lowest BCUT2D eigenvalue weighted by atomic mass is 9.86. The summed E-state index contributed by atoms with van der Waals surface area (Å²) in [5, 5.41) is 23.0. The number of ether oxygens (including phenoxy) is 1. The Morgan fingerprint density at radius 2 is 2.03 bits per heavy atom. The van der Waals surface area contributed by atoms with Gasteiger partial charge in [-0.3, -0.25) is 9.20 Å². The molecule has 0 saturated carbocycles. The number of phenolic OH excluding ortho intramolecular Hbond substituents is 1. The fourth-order valence-electron chi connectivity index (χ4n) is 4.59. The summed E-state index contributed by atoms with van der Waals surface area (Å²) in [6, 6.07) is 6.62. The first-order chi connectivity index (χ1) is 14.3. The zero-order valence-electron chi connectivity index (χ0n) is 16.7. The van der Waals surface area contributed by atoms with Crippen LogP contribution in [0.1, 0.15) is 37.0 Å². The molecule has 0 fully saturated rings. The molecular weight excluding hydrogens is 384 g/mol. The Balaban J connectivity index is 2.03. The van der Waals surface area contributed by atoms with Gasteiger partial charge in [0.2, 0.25) is 0 Å². The molecule has 0 unspecified atom stereocenters. The number of aliphatic hydroxyl groups is 1. The molecule has 0 spiro atoms. The number of aromatic hydroxyl groups is 1. The molecule has 1 aromatic carbocycles. The van der Waals surface area contributed by atoms with E-state index in [1.165, 1.54) is 4.40 Å². The van der Waals surface area contributed by atoms with Crippen molar-refractivity contribution in [1.82, 2.24) is 9.38 Å². The summed E-state index contributed by atoms with van der Waals surface area (Å²) < 4.78 is 6.59. The van der Waals surface area contributed by atoms with Crippen LogP contribution in [0, 0.1) is 0 Å². The van der Waals surface area contributed by atoms with Gasteiger partial charge in [-0.2, -0.15) is 0 Å². The van der Waals surface area contributed by atoms with Crippen LogP contribution in [0.4, 0.5) is 0 Å². The van der Waals surface area contributed by atoms with Crippen molar-refractivity contribution in [3.05, 3.63) is 56.7 Å². The minimum atomic E-state index is -1.87. The lowest BCUT2D eigenvalue weighted by Crippen LogP contribution is -2.44. The molecular formula is C23H20N2O5. The van der Waals surface area contributed by atoms with Gasteiger partial charge in [0.15, 0.2) is 5.60 Å². The molecule has 4 heterocycles. The molecule has 7 heteroatoms. The van der Waals surface area contributed by atoms with Gasteiger partial charge in [0, 0.05) is 16.3 Å². The van der Waals surface area contributed by atoms with Crippen molar-refractivity contribution in [2.24, 2.45) is 0 Å². The fraction of sp³-hybridized carbons (Fsp3) is 0.261. The first kappa shape index (κ1) is 18.6. The Hall–Kier alpha value is -3.45. The monoisotopic (exact) mass is 404 g/mol. The Bertz CT molecular complexity index is 1500. The summed E-state index contributed by atoms with van der Waals surface area (Å²) in [6.07, 6.45) is 0.729. The standard InChI is InChI=1S/C23H20N2O5/c1-4-13-14-8-12(26)6-7-17(14)24-20-18-9-16-15(10-30-22(28)23(16,29)5-2)21(27)25(18)11(3)19(13)20/h6-9,26,29H,3-5,10H2,1-2H3/t23-/m0/s1. The molecule has 3 aromatic heterocycles. The number of phenols is 1. The van der Waals surface area contributed by atoms with Crippen LogP contribution in [0.2, 0.25) is 0 Å². The van der Waals surface area contributed by atoms with Gasteiger partial charge in [0.1, 0.15) is 12.4 Å². The van der Waals surface area contributed by atoms with Gasteiger partial charge in [-0.25, -0.2) is 9.78 Å². The summed E-state index contributed by atoms with van der Waals surface area (Å²) >= 11 is 0. The molecule has 152 valence electrons. The van der Waals surface area contributed by atoms with E-state index in [9.17, 15) is 19.8 Å². The van der Waals surface area contributed by atoms with Gasteiger partial charge in [0.25, 0.3) is 5.56 Å². The number of esters is 1. The normalized spacial score (nSPS) is 18.8.